The van der Waals surface area contributed by atoms with Gasteiger partial charge in [0, 0.05) is 97.2 Å². The number of hydrogen-bond donors (Lipinski definition) is 1. The van der Waals surface area contributed by atoms with Crippen molar-refractivity contribution in [3.63, 3.8) is 0 Å². The van der Waals surface area contributed by atoms with Crippen LogP contribution in [0.2, 0.25) is 0 Å². The van der Waals surface area contributed by atoms with Gasteiger partial charge in [-0.2, -0.15) is 0 Å². The molecule has 4 aliphatic heterocycles. The van der Waals surface area contributed by atoms with Gasteiger partial charge in [0.1, 0.15) is 0 Å². The average Bonchev–Trinajstić information content (AvgIpc) is 3.04. The highest BCUT2D eigenvalue weighted by Gasteiger charge is 2.29. The van der Waals surface area contributed by atoms with E-state index in [1.165, 1.54) is 31.5 Å². The first kappa shape index (κ1) is 39.0. The standard InChI is InChI=1S/C20H31N3O2.C13H25N3O2.2H2O/c1-2-25-20(24)17-21-10-8-19(9-11-21)23-14-12-22(13-15-23)16-18-6-4-3-5-7-18;1-2-18-13(17)11-15-7-3-12(4-8-15)16-9-5-14-6-10-16;;/h3-7,19H,2,8-17H2,1H3;12,14H,2-11H2,1H3;2*1H2. The summed E-state index contributed by atoms with van der Waals surface area (Å²) in [5.74, 6) is -0.173. The van der Waals surface area contributed by atoms with Crippen LogP contribution in [0.3, 0.4) is 0 Å². The first-order valence-corrected chi connectivity index (χ1v) is 16.7. The Balaban J connectivity index is 0.000000315. The molecule has 0 radical (unpaired) electrons. The zero-order valence-electron chi connectivity index (χ0n) is 27.8. The van der Waals surface area contributed by atoms with Gasteiger partial charge in [0.25, 0.3) is 0 Å². The van der Waals surface area contributed by atoms with Gasteiger partial charge in [-0.25, -0.2) is 0 Å². The van der Waals surface area contributed by atoms with Gasteiger partial charge < -0.3 is 25.7 Å². The molecule has 0 spiro atoms. The van der Waals surface area contributed by atoms with Gasteiger partial charge in [0.2, 0.25) is 0 Å². The molecule has 5 rings (SSSR count). The number of carbonyl (C=O) groups is 2. The summed E-state index contributed by atoms with van der Waals surface area (Å²) in [5, 5.41) is 3.39. The molecule has 4 saturated heterocycles. The van der Waals surface area contributed by atoms with Crippen LogP contribution in [0.25, 0.3) is 0 Å². The lowest BCUT2D eigenvalue weighted by atomic mass is 10.0. The number of nitrogens with one attached hydrogen (secondary N) is 1. The molecule has 0 unspecified atom stereocenters. The van der Waals surface area contributed by atoms with E-state index in [1.54, 1.807) is 0 Å². The van der Waals surface area contributed by atoms with Crippen molar-refractivity contribution in [3.05, 3.63) is 35.9 Å². The number of rotatable bonds is 10. The maximum Gasteiger partial charge on any atom is 0.320 e. The van der Waals surface area contributed by atoms with Gasteiger partial charge in [-0.05, 0) is 45.1 Å². The Kier molecular flexibility index (Phi) is 18.7. The van der Waals surface area contributed by atoms with Crippen LogP contribution in [0.4, 0.5) is 0 Å². The van der Waals surface area contributed by atoms with Crippen molar-refractivity contribution >= 4 is 11.9 Å². The first-order valence-electron chi connectivity index (χ1n) is 16.7. The van der Waals surface area contributed by atoms with E-state index in [1.807, 2.05) is 13.8 Å². The van der Waals surface area contributed by atoms with Gasteiger partial charge in [-0.15, -0.1) is 0 Å². The van der Waals surface area contributed by atoms with Gasteiger partial charge in [0.05, 0.1) is 26.3 Å². The SMILES string of the molecule is CCOC(=O)CN1CCC(N2CCN(Cc3ccccc3)CC2)CC1.CCOC(=O)CN1CCC(N2CCNCC2)CC1.O.O. The summed E-state index contributed by atoms with van der Waals surface area (Å²) in [5.41, 5.74) is 1.41. The molecule has 0 saturated carbocycles. The molecule has 45 heavy (non-hydrogen) atoms. The predicted molar refractivity (Wildman–Crippen MR) is 177 cm³/mol. The zero-order valence-corrected chi connectivity index (χ0v) is 27.8. The van der Waals surface area contributed by atoms with Crippen molar-refractivity contribution in [1.82, 2.24) is 29.8 Å². The van der Waals surface area contributed by atoms with Crippen molar-refractivity contribution in [1.29, 1.82) is 0 Å². The van der Waals surface area contributed by atoms with Crippen molar-refractivity contribution in [3.8, 4) is 0 Å². The summed E-state index contributed by atoms with van der Waals surface area (Å²) in [6.45, 7) is 19.9. The zero-order chi connectivity index (χ0) is 30.3. The summed E-state index contributed by atoms with van der Waals surface area (Å²) >= 11 is 0. The largest absolute Gasteiger partial charge is 0.465 e. The number of piperazine rings is 2. The molecule has 12 heteroatoms. The number of nitrogens with zero attached hydrogens (tertiary/aromatic N) is 5. The van der Waals surface area contributed by atoms with E-state index >= 15 is 0 Å². The van der Waals surface area contributed by atoms with Crippen LogP contribution in [0.5, 0.6) is 0 Å². The molecule has 1 aromatic carbocycles. The fourth-order valence-electron chi connectivity index (χ4n) is 6.84. The van der Waals surface area contributed by atoms with Crippen LogP contribution >= 0.6 is 0 Å². The topological polar surface area (TPSA) is 144 Å². The molecule has 0 aromatic heterocycles. The molecule has 0 bridgehead atoms. The molecule has 258 valence electrons. The monoisotopic (exact) mass is 636 g/mol. The number of esters is 2. The first-order chi connectivity index (χ1) is 21.0. The molecule has 0 amide bonds. The summed E-state index contributed by atoms with van der Waals surface area (Å²) in [6, 6.07) is 12.1. The number of carbonyl (C=O) groups excluding carboxylic acids is 2. The highest BCUT2D eigenvalue weighted by atomic mass is 16.5. The minimum atomic E-state index is -0.0875. The third-order valence-corrected chi connectivity index (χ3v) is 9.27. The Bertz CT molecular complexity index is 929. The van der Waals surface area contributed by atoms with Gasteiger partial charge in [0.15, 0.2) is 0 Å². The summed E-state index contributed by atoms with van der Waals surface area (Å²) < 4.78 is 10.0. The Morgan fingerprint density at radius 1 is 0.644 bits per heavy atom. The molecule has 4 fully saturated rings. The van der Waals surface area contributed by atoms with Crippen molar-refractivity contribution in [2.24, 2.45) is 0 Å². The maximum absolute atomic E-state index is 11.6. The molecular weight excluding hydrogens is 576 g/mol. The molecule has 1 aromatic rings. The van der Waals surface area contributed by atoms with Crippen molar-refractivity contribution < 1.29 is 30.0 Å². The normalized spacial score (nSPS) is 21.5. The average molecular weight is 637 g/mol. The number of ether oxygens (including phenoxy) is 2. The lowest BCUT2D eigenvalue weighted by Crippen LogP contribution is -2.53. The summed E-state index contributed by atoms with van der Waals surface area (Å²) in [6.07, 6.45) is 4.69. The Labute approximate surface area is 270 Å². The quantitative estimate of drug-likeness (QED) is 0.351. The van der Waals surface area contributed by atoms with Gasteiger partial charge >= 0.3 is 11.9 Å². The maximum atomic E-state index is 11.6. The van der Waals surface area contributed by atoms with Crippen LogP contribution in [0.15, 0.2) is 30.3 Å². The third-order valence-electron chi connectivity index (χ3n) is 9.27. The van der Waals surface area contributed by atoms with Crippen molar-refractivity contribution in [2.45, 2.75) is 58.2 Å². The highest BCUT2D eigenvalue weighted by molar-refractivity contribution is 5.72. The lowest BCUT2D eigenvalue weighted by Gasteiger charge is -2.42. The van der Waals surface area contributed by atoms with E-state index in [2.05, 4.69) is 60.1 Å². The number of hydrogen-bond acceptors (Lipinski definition) is 10. The van der Waals surface area contributed by atoms with Gasteiger partial charge in [-0.1, -0.05) is 30.3 Å². The van der Waals surface area contributed by atoms with Gasteiger partial charge in [-0.3, -0.25) is 34.1 Å². The highest BCUT2D eigenvalue weighted by Crippen LogP contribution is 2.19. The Morgan fingerprint density at radius 2 is 1.09 bits per heavy atom. The van der Waals surface area contributed by atoms with E-state index in [4.69, 9.17) is 9.47 Å². The smallest absolute Gasteiger partial charge is 0.320 e. The van der Waals surface area contributed by atoms with Crippen LogP contribution in [0.1, 0.15) is 45.1 Å². The molecule has 4 aliphatic rings. The van der Waals surface area contributed by atoms with E-state index in [0.29, 0.717) is 38.4 Å². The van der Waals surface area contributed by atoms with E-state index in [9.17, 15) is 9.59 Å². The fraction of sp³-hybridized carbons (Fsp3) is 0.758. The number of benzene rings is 1. The van der Waals surface area contributed by atoms with Crippen LogP contribution in [0, 0.1) is 0 Å². The predicted octanol–water partition coefficient (Wildman–Crippen LogP) is 0.101. The van der Waals surface area contributed by atoms with Crippen LogP contribution < -0.4 is 5.32 Å². The molecule has 0 aliphatic carbocycles. The second kappa shape index (κ2) is 21.6. The van der Waals surface area contributed by atoms with E-state index in [0.717, 1.165) is 84.8 Å². The third kappa shape index (κ3) is 13.6. The molecule has 0 atom stereocenters. The number of likely N-dealkylation sites (tertiary alicyclic amines) is 2. The molecule has 5 N–H and O–H groups in total. The van der Waals surface area contributed by atoms with Crippen LogP contribution in [-0.4, -0.2) is 164 Å². The van der Waals surface area contributed by atoms with Crippen molar-refractivity contribution in [2.75, 3.05) is 105 Å². The second-order valence-electron chi connectivity index (χ2n) is 12.2. The van der Waals surface area contributed by atoms with E-state index < -0.39 is 0 Å². The lowest BCUT2D eigenvalue weighted by molar-refractivity contribution is -0.145. The fourth-order valence-corrected chi connectivity index (χ4v) is 6.84. The van der Waals surface area contributed by atoms with Crippen LogP contribution in [-0.2, 0) is 25.6 Å². The molecule has 12 nitrogen and oxygen atoms in total. The molecule has 4 heterocycles. The Hall–Kier alpha value is -2.16. The molecular formula is C33H60N6O6. The van der Waals surface area contributed by atoms with E-state index in [-0.39, 0.29) is 22.9 Å². The minimum absolute atomic E-state index is 0. The number of piperidine rings is 2. The summed E-state index contributed by atoms with van der Waals surface area (Å²) in [7, 11) is 0. The summed E-state index contributed by atoms with van der Waals surface area (Å²) in [4.78, 5) is 35.3. The second-order valence-corrected chi connectivity index (χ2v) is 12.2. The minimum Gasteiger partial charge on any atom is -0.465 e. The Morgan fingerprint density at radius 3 is 1.53 bits per heavy atom.